The summed E-state index contributed by atoms with van der Waals surface area (Å²) in [5.41, 5.74) is 12.7. The molecule has 0 aliphatic heterocycles. The van der Waals surface area contributed by atoms with Crippen LogP contribution < -0.4 is 16.2 Å². The number of ether oxygens (including phenoxy) is 1. The Labute approximate surface area is 118 Å². The molecule has 4 heteroatoms. The van der Waals surface area contributed by atoms with Gasteiger partial charge in [-0.1, -0.05) is 31.2 Å². The maximum atomic E-state index is 11.3. The van der Waals surface area contributed by atoms with Crippen LogP contribution in [0.15, 0.2) is 48.5 Å². The third-order valence-electron chi connectivity index (χ3n) is 3.13. The summed E-state index contributed by atoms with van der Waals surface area (Å²) < 4.78 is 5.70. The third kappa shape index (κ3) is 3.16. The highest BCUT2D eigenvalue weighted by Crippen LogP contribution is 2.26. The SMILES string of the molecule is CCC(N)c1ccc(Oc2ccccc2C(N)=O)cc1. The molecule has 2 rings (SSSR count). The molecule has 0 fully saturated rings. The summed E-state index contributed by atoms with van der Waals surface area (Å²) in [7, 11) is 0. The lowest BCUT2D eigenvalue weighted by Crippen LogP contribution is -2.12. The normalized spacial score (nSPS) is 11.9. The van der Waals surface area contributed by atoms with Crippen molar-refractivity contribution < 1.29 is 9.53 Å². The molecular formula is C16H18N2O2. The molecule has 1 unspecified atom stereocenters. The molecule has 104 valence electrons. The maximum Gasteiger partial charge on any atom is 0.252 e. The summed E-state index contributed by atoms with van der Waals surface area (Å²) in [6.07, 6.45) is 0.880. The lowest BCUT2D eigenvalue weighted by atomic mass is 10.1. The number of benzene rings is 2. The molecule has 0 aliphatic carbocycles. The molecule has 0 aliphatic rings. The van der Waals surface area contributed by atoms with Gasteiger partial charge in [0.15, 0.2) is 0 Å². The number of carbonyl (C=O) groups is 1. The summed E-state index contributed by atoms with van der Waals surface area (Å²) in [6.45, 7) is 2.04. The van der Waals surface area contributed by atoms with E-state index in [0.29, 0.717) is 17.1 Å². The molecule has 0 aromatic heterocycles. The first-order valence-electron chi connectivity index (χ1n) is 6.54. The Morgan fingerprint density at radius 3 is 2.40 bits per heavy atom. The first-order valence-corrected chi connectivity index (χ1v) is 6.54. The molecule has 0 heterocycles. The van der Waals surface area contributed by atoms with E-state index in [9.17, 15) is 4.79 Å². The van der Waals surface area contributed by atoms with Gasteiger partial charge in [0.25, 0.3) is 5.91 Å². The van der Waals surface area contributed by atoms with Crippen molar-refractivity contribution in [2.75, 3.05) is 0 Å². The summed E-state index contributed by atoms with van der Waals surface area (Å²) in [6, 6.07) is 14.4. The van der Waals surface area contributed by atoms with Gasteiger partial charge in [-0.2, -0.15) is 0 Å². The number of amides is 1. The second kappa shape index (κ2) is 6.21. The van der Waals surface area contributed by atoms with E-state index >= 15 is 0 Å². The zero-order valence-corrected chi connectivity index (χ0v) is 11.4. The average Bonchev–Trinajstić information content (AvgIpc) is 2.47. The van der Waals surface area contributed by atoms with Crippen molar-refractivity contribution in [1.82, 2.24) is 0 Å². The van der Waals surface area contributed by atoms with Crippen LogP contribution in [-0.4, -0.2) is 5.91 Å². The zero-order valence-electron chi connectivity index (χ0n) is 11.4. The van der Waals surface area contributed by atoms with Crippen molar-refractivity contribution in [3.05, 3.63) is 59.7 Å². The Balaban J connectivity index is 2.20. The Kier molecular flexibility index (Phi) is 4.38. The molecule has 4 nitrogen and oxygen atoms in total. The van der Waals surface area contributed by atoms with Crippen LogP contribution in [0.3, 0.4) is 0 Å². The highest BCUT2D eigenvalue weighted by atomic mass is 16.5. The van der Waals surface area contributed by atoms with E-state index in [1.54, 1.807) is 24.3 Å². The predicted octanol–water partition coefficient (Wildman–Crippen LogP) is 2.99. The number of nitrogens with two attached hydrogens (primary N) is 2. The Morgan fingerprint density at radius 1 is 1.15 bits per heavy atom. The Morgan fingerprint density at radius 2 is 1.80 bits per heavy atom. The van der Waals surface area contributed by atoms with Gasteiger partial charge < -0.3 is 16.2 Å². The van der Waals surface area contributed by atoms with E-state index in [-0.39, 0.29) is 6.04 Å². The van der Waals surface area contributed by atoms with E-state index < -0.39 is 5.91 Å². The molecule has 0 saturated carbocycles. The van der Waals surface area contributed by atoms with Crippen LogP contribution in [-0.2, 0) is 0 Å². The molecule has 0 radical (unpaired) electrons. The smallest absolute Gasteiger partial charge is 0.252 e. The van der Waals surface area contributed by atoms with E-state index in [4.69, 9.17) is 16.2 Å². The first kappa shape index (κ1) is 14.1. The van der Waals surface area contributed by atoms with E-state index in [1.165, 1.54) is 0 Å². The molecule has 0 saturated heterocycles. The fourth-order valence-corrected chi connectivity index (χ4v) is 1.90. The minimum Gasteiger partial charge on any atom is -0.457 e. The third-order valence-corrected chi connectivity index (χ3v) is 3.13. The topological polar surface area (TPSA) is 78.3 Å². The molecule has 2 aromatic carbocycles. The second-order valence-corrected chi connectivity index (χ2v) is 4.55. The van der Waals surface area contributed by atoms with Crippen LogP contribution in [0.2, 0.25) is 0 Å². The van der Waals surface area contributed by atoms with Crippen molar-refractivity contribution in [2.45, 2.75) is 19.4 Å². The minimum atomic E-state index is -0.509. The summed E-state index contributed by atoms with van der Waals surface area (Å²) in [5.74, 6) is 0.587. The maximum absolute atomic E-state index is 11.3. The van der Waals surface area contributed by atoms with Gasteiger partial charge in [0, 0.05) is 6.04 Å². The van der Waals surface area contributed by atoms with Crippen LogP contribution in [0.5, 0.6) is 11.5 Å². The van der Waals surface area contributed by atoms with Gasteiger partial charge in [0.1, 0.15) is 11.5 Å². The molecule has 1 amide bonds. The van der Waals surface area contributed by atoms with Crippen LogP contribution in [0.1, 0.15) is 35.3 Å². The molecule has 2 aromatic rings. The monoisotopic (exact) mass is 270 g/mol. The van der Waals surface area contributed by atoms with Gasteiger partial charge in [-0.15, -0.1) is 0 Å². The second-order valence-electron chi connectivity index (χ2n) is 4.55. The minimum absolute atomic E-state index is 0.0296. The molecule has 0 spiro atoms. The number of primary amides is 1. The van der Waals surface area contributed by atoms with Crippen LogP contribution >= 0.6 is 0 Å². The summed E-state index contributed by atoms with van der Waals surface area (Å²) >= 11 is 0. The van der Waals surface area contributed by atoms with Gasteiger partial charge in [-0.05, 0) is 36.2 Å². The van der Waals surface area contributed by atoms with E-state index in [2.05, 4.69) is 0 Å². The van der Waals surface area contributed by atoms with Crippen molar-refractivity contribution in [1.29, 1.82) is 0 Å². The number of hydrogen-bond donors (Lipinski definition) is 2. The molecular weight excluding hydrogens is 252 g/mol. The largest absolute Gasteiger partial charge is 0.457 e. The fraction of sp³-hybridized carbons (Fsp3) is 0.188. The molecule has 4 N–H and O–H groups in total. The average molecular weight is 270 g/mol. The number of carbonyl (C=O) groups excluding carboxylic acids is 1. The fourth-order valence-electron chi connectivity index (χ4n) is 1.90. The van der Waals surface area contributed by atoms with Crippen LogP contribution in [0.25, 0.3) is 0 Å². The van der Waals surface area contributed by atoms with Gasteiger partial charge in [-0.25, -0.2) is 0 Å². The lowest BCUT2D eigenvalue weighted by molar-refractivity contribution is 0.0998. The van der Waals surface area contributed by atoms with Gasteiger partial charge in [0.2, 0.25) is 0 Å². The van der Waals surface area contributed by atoms with Gasteiger partial charge in [0.05, 0.1) is 5.56 Å². The molecule has 0 bridgehead atoms. The number of para-hydroxylation sites is 1. The summed E-state index contributed by atoms with van der Waals surface area (Å²) in [5, 5.41) is 0. The Bertz CT molecular complexity index is 594. The highest BCUT2D eigenvalue weighted by Gasteiger charge is 2.09. The molecule has 20 heavy (non-hydrogen) atoms. The highest BCUT2D eigenvalue weighted by molar-refractivity contribution is 5.95. The molecule has 1 atom stereocenters. The van der Waals surface area contributed by atoms with Crippen molar-refractivity contribution in [3.63, 3.8) is 0 Å². The van der Waals surface area contributed by atoms with Crippen molar-refractivity contribution in [3.8, 4) is 11.5 Å². The lowest BCUT2D eigenvalue weighted by Gasteiger charge is -2.12. The quantitative estimate of drug-likeness (QED) is 0.876. The van der Waals surface area contributed by atoms with E-state index in [1.807, 2.05) is 31.2 Å². The number of rotatable bonds is 5. The van der Waals surface area contributed by atoms with Crippen LogP contribution in [0.4, 0.5) is 0 Å². The first-order chi connectivity index (χ1) is 9.61. The van der Waals surface area contributed by atoms with E-state index in [0.717, 1.165) is 12.0 Å². The van der Waals surface area contributed by atoms with Gasteiger partial charge in [-0.3, -0.25) is 4.79 Å². The van der Waals surface area contributed by atoms with Crippen molar-refractivity contribution in [2.24, 2.45) is 11.5 Å². The van der Waals surface area contributed by atoms with Crippen molar-refractivity contribution >= 4 is 5.91 Å². The Hall–Kier alpha value is -2.33. The number of hydrogen-bond acceptors (Lipinski definition) is 3. The van der Waals surface area contributed by atoms with Crippen LogP contribution in [0, 0.1) is 0 Å². The predicted molar refractivity (Wildman–Crippen MR) is 78.7 cm³/mol. The summed E-state index contributed by atoms with van der Waals surface area (Å²) in [4.78, 5) is 11.3. The van der Waals surface area contributed by atoms with Gasteiger partial charge >= 0.3 is 0 Å². The standard InChI is InChI=1S/C16H18N2O2/c1-2-14(17)11-7-9-12(10-8-11)20-15-6-4-3-5-13(15)16(18)19/h3-10,14H,2,17H2,1H3,(H2,18,19). The zero-order chi connectivity index (χ0) is 14.5.